The highest BCUT2D eigenvalue weighted by Crippen LogP contribution is 2.09. The minimum Gasteiger partial charge on any atom is -0.347 e. The topological polar surface area (TPSA) is 58.2 Å². The van der Waals surface area contributed by atoms with Gasteiger partial charge in [-0.1, -0.05) is 31.2 Å². The first-order chi connectivity index (χ1) is 11.1. The minimum atomic E-state index is -0.701. The number of hydrogen-bond acceptors (Lipinski definition) is 2. The van der Waals surface area contributed by atoms with Crippen molar-refractivity contribution in [3.05, 3.63) is 65.5 Å². The van der Waals surface area contributed by atoms with Crippen LogP contribution >= 0.6 is 0 Å². The number of carbonyl (C=O) groups is 2. The molecule has 0 radical (unpaired) electrons. The normalized spacial score (nSPS) is 10.2. The van der Waals surface area contributed by atoms with Crippen LogP contribution in [0.5, 0.6) is 0 Å². The molecule has 23 heavy (non-hydrogen) atoms. The Kier molecular flexibility index (Phi) is 5.86. The maximum absolute atomic E-state index is 12.8. The number of hydrogen-bond donors (Lipinski definition) is 2. The average molecular weight is 314 g/mol. The van der Waals surface area contributed by atoms with Crippen LogP contribution in [0.4, 0.5) is 10.1 Å². The van der Waals surface area contributed by atoms with Gasteiger partial charge in [0.1, 0.15) is 5.82 Å². The molecule has 2 N–H and O–H groups in total. The van der Waals surface area contributed by atoms with E-state index in [2.05, 4.69) is 10.6 Å². The van der Waals surface area contributed by atoms with Crippen LogP contribution in [-0.2, 0) is 22.4 Å². The van der Waals surface area contributed by atoms with E-state index in [0.717, 1.165) is 17.5 Å². The highest BCUT2D eigenvalue weighted by atomic mass is 19.1. The Morgan fingerprint density at radius 1 is 0.913 bits per heavy atom. The van der Waals surface area contributed by atoms with Gasteiger partial charge in [-0.25, -0.2) is 4.39 Å². The van der Waals surface area contributed by atoms with E-state index < -0.39 is 11.8 Å². The first-order valence-corrected chi connectivity index (χ1v) is 7.51. The van der Waals surface area contributed by atoms with Gasteiger partial charge in [0.2, 0.25) is 0 Å². The van der Waals surface area contributed by atoms with Crippen molar-refractivity contribution in [2.75, 3.05) is 11.9 Å². The van der Waals surface area contributed by atoms with Gasteiger partial charge in [0.25, 0.3) is 0 Å². The lowest BCUT2D eigenvalue weighted by molar-refractivity contribution is -0.136. The Morgan fingerprint density at radius 3 is 2.13 bits per heavy atom. The third-order valence-electron chi connectivity index (χ3n) is 3.44. The Bertz CT molecular complexity index is 666. The second-order valence-electron chi connectivity index (χ2n) is 5.14. The molecule has 0 spiro atoms. The summed E-state index contributed by atoms with van der Waals surface area (Å²) in [6.07, 6.45) is 1.45. The van der Waals surface area contributed by atoms with Crippen molar-refractivity contribution in [2.24, 2.45) is 0 Å². The molecule has 2 amide bonds. The fourth-order valence-electron chi connectivity index (χ4n) is 2.06. The summed E-state index contributed by atoms with van der Waals surface area (Å²) < 4.78 is 12.8. The van der Waals surface area contributed by atoms with Gasteiger partial charge >= 0.3 is 11.8 Å². The molecular formula is C18H19FN2O2. The predicted molar refractivity (Wildman–Crippen MR) is 87.6 cm³/mol. The van der Waals surface area contributed by atoms with Gasteiger partial charge in [-0.2, -0.15) is 0 Å². The summed E-state index contributed by atoms with van der Waals surface area (Å²) in [6.45, 7) is 2.36. The molecule has 0 saturated heterocycles. The Morgan fingerprint density at radius 2 is 1.52 bits per heavy atom. The summed E-state index contributed by atoms with van der Waals surface area (Å²) >= 11 is 0. The summed E-state index contributed by atoms with van der Waals surface area (Å²) in [5.74, 6) is -1.69. The molecule has 0 heterocycles. The van der Waals surface area contributed by atoms with Crippen molar-refractivity contribution in [3.8, 4) is 0 Å². The lowest BCUT2D eigenvalue weighted by Gasteiger charge is -2.07. The number of anilines is 1. The third-order valence-corrected chi connectivity index (χ3v) is 3.44. The van der Waals surface area contributed by atoms with Crippen molar-refractivity contribution < 1.29 is 14.0 Å². The first-order valence-electron chi connectivity index (χ1n) is 7.51. The molecule has 0 aromatic heterocycles. The molecule has 0 fully saturated rings. The molecule has 2 aromatic carbocycles. The zero-order valence-corrected chi connectivity index (χ0v) is 12.9. The van der Waals surface area contributed by atoms with Crippen LogP contribution in [0, 0.1) is 5.82 Å². The van der Waals surface area contributed by atoms with Crippen LogP contribution in [0.25, 0.3) is 0 Å². The minimum absolute atomic E-state index is 0.300. The maximum Gasteiger partial charge on any atom is 0.313 e. The third kappa shape index (κ3) is 5.21. The summed E-state index contributed by atoms with van der Waals surface area (Å²) in [7, 11) is 0. The van der Waals surface area contributed by atoms with E-state index >= 15 is 0 Å². The lowest BCUT2D eigenvalue weighted by Crippen LogP contribution is -2.36. The first kappa shape index (κ1) is 16.7. The Hall–Kier alpha value is -2.69. The fraction of sp³-hybridized carbons (Fsp3) is 0.222. The highest BCUT2D eigenvalue weighted by Gasteiger charge is 2.12. The molecule has 0 aliphatic heterocycles. The quantitative estimate of drug-likeness (QED) is 0.834. The average Bonchev–Trinajstić information content (AvgIpc) is 2.57. The van der Waals surface area contributed by atoms with Gasteiger partial charge in [-0.05, 0) is 48.2 Å². The molecule has 2 rings (SSSR count). The van der Waals surface area contributed by atoms with E-state index in [0.29, 0.717) is 18.7 Å². The largest absolute Gasteiger partial charge is 0.347 e. The van der Waals surface area contributed by atoms with E-state index in [4.69, 9.17) is 0 Å². The highest BCUT2D eigenvalue weighted by molar-refractivity contribution is 6.39. The summed E-state index contributed by atoms with van der Waals surface area (Å²) in [6, 6.07) is 13.4. The molecule has 120 valence electrons. The maximum atomic E-state index is 12.8. The number of rotatable bonds is 5. The van der Waals surface area contributed by atoms with Crippen LogP contribution in [0.2, 0.25) is 0 Å². The fourth-order valence-corrected chi connectivity index (χ4v) is 2.06. The van der Waals surface area contributed by atoms with Crippen molar-refractivity contribution in [2.45, 2.75) is 19.8 Å². The van der Waals surface area contributed by atoms with Crippen LogP contribution in [-0.4, -0.2) is 18.4 Å². The zero-order valence-electron chi connectivity index (χ0n) is 12.9. The van der Waals surface area contributed by atoms with Crippen LogP contribution in [0.3, 0.4) is 0 Å². The van der Waals surface area contributed by atoms with Gasteiger partial charge in [0.15, 0.2) is 0 Å². The number of halogens is 1. The smallest absolute Gasteiger partial charge is 0.313 e. The van der Waals surface area contributed by atoms with Crippen molar-refractivity contribution in [1.29, 1.82) is 0 Å². The number of nitrogens with one attached hydrogen (secondary N) is 2. The van der Waals surface area contributed by atoms with E-state index in [1.54, 1.807) is 24.3 Å². The Balaban J connectivity index is 1.78. The number of amides is 2. The summed E-state index contributed by atoms with van der Waals surface area (Å²) in [4.78, 5) is 23.5. The molecule has 0 unspecified atom stereocenters. The van der Waals surface area contributed by atoms with Crippen LogP contribution in [0.1, 0.15) is 18.1 Å². The molecule has 2 aromatic rings. The van der Waals surface area contributed by atoms with Crippen molar-refractivity contribution in [3.63, 3.8) is 0 Å². The van der Waals surface area contributed by atoms with E-state index in [-0.39, 0.29) is 5.82 Å². The monoisotopic (exact) mass is 314 g/mol. The molecular weight excluding hydrogens is 295 g/mol. The standard InChI is InChI=1S/C18H19FN2O2/c1-2-13-5-9-16(10-6-13)21-18(23)17(22)20-12-11-14-3-7-15(19)8-4-14/h3-10H,2,11-12H2,1H3,(H,20,22)(H,21,23). The van der Waals surface area contributed by atoms with E-state index in [1.807, 2.05) is 19.1 Å². The van der Waals surface area contributed by atoms with Gasteiger partial charge < -0.3 is 10.6 Å². The van der Waals surface area contributed by atoms with Gasteiger partial charge in [0, 0.05) is 12.2 Å². The lowest BCUT2D eigenvalue weighted by atomic mass is 10.1. The second kappa shape index (κ2) is 8.08. The van der Waals surface area contributed by atoms with Crippen molar-refractivity contribution >= 4 is 17.5 Å². The number of carbonyl (C=O) groups excluding carboxylic acids is 2. The molecule has 4 nitrogen and oxygen atoms in total. The predicted octanol–water partition coefficient (Wildman–Crippen LogP) is 2.69. The molecule has 0 aliphatic rings. The SMILES string of the molecule is CCc1ccc(NC(=O)C(=O)NCCc2ccc(F)cc2)cc1. The van der Waals surface area contributed by atoms with E-state index in [9.17, 15) is 14.0 Å². The summed E-state index contributed by atoms with van der Waals surface area (Å²) in [5.41, 5.74) is 2.63. The van der Waals surface area contributed by atoms with Crippen molar-refractivity contribution in [1.82, 2.24) is 5.32 Å². The number of benzene rings is 2. The molecule has 0 aliphatic carbocycles. The van der Waals surface area contributed by atoms with Crippen LogP contribution < -0.4 is 10.6 Å². The zero-order chi connectivity index (χ0) is 16.7. The molecule has 0 saturated carbocycles. The van der Waals surface area contributed by atoms with Gasteiger partial charge in [-0.3, -0.25) is 9.59 Å². The van der Waals surface area contributed by atoms with Crippen LogP contribution in [0.15, 0.2) is 48.5 Å². The second-order valence-corrected chi connectivity index (χ2v) is 5.14. The van der Waals surface area contributed by atoms with Gasteiger partial charge in [0.05, 0.1) is 0 Å². The molecule has 5 heteroatoms. The van der Waals surface area contributed by atoms with E-state index in [1.165, 1.54) is 12.1 Å². The summed E-state index contributed by atoms with van der Waals surface area (Å²) in [5, 5.41) is 5.09. The number of aryl methyl sites for hydroxylation is 1. The molecule has 0 atom stereocenters. The Labute approximate surface area is 134 Å². The van der Waals surface area contributed by atoms with Gasteiger partial charge in [-0.15, -0.1) is 0 Å². The molecule has 0 bridgehead atoms.